The number of hydrogen-bond donors (Lipinski definition) is 2. The summed E-state index contributed by atoms with van der Waals surface area (Å²) < 4.78 is 13.2. The molecule has 0 aromatic heterocycles. The topological polar surface area (TPSA) is 69.1 Å². The fourth-order valence-electron chi connectivity index (χ4n) is 1.65. The van der Waals surface area contributed by atoms with Crippen molar-refractivity contribution < 1.29 is 9.18 Å². The van der Waals surface area contributed by atoms with Crippen molar-refractivity contribution in [3.05, 3.63) is 59.4 Å². The number of nitrogens with two attached hydrogens (primary N) is 2. The number of nitrogen functional groups attached to an aromatic ring is 1. The van der Waals surface area contributed by atoms with Crippen LogP contribution in [0, 0.1) is 5.82 Å². The Balaban J connectivity index is 2.10. The van der Waals surface area contributed by atoms with Crippen LogP contribution in [-0.4, -0.2) is 5.91 Å². The molecule has 0 fully saturated rings. The number of primary amides is 1. The van der Waals surface area contributed by atoms with Gasteiger partial charge in [-0.05, 0) is 35.9 Å². The largest absolute Gasteiger partial charge is 0.399 e. The number of benzene rings is 2. The zero-order chi connectivity index (χ0) is 13.8. The molecule has 0 radical (unpaired) electrons. The summed E-state index contributed by atoms with van der Waals surface area (Å²) in [6, 6.07) is 11.5. The number of hydrogen-bond acceptors (Lipinski definition) is 3. The van der Waals surface area contributed by atoms with Crippen molar-refractivity contribution in [1.29, 1.82) is 0 Å². The van der Waals surface area contributed by atoms with Crippen LogP contribution in [0.15, 0.2) is 47.4 Å². The van der Waals surface area contributed by atoms with Crippen molar-refractivity contribution in [3.63, 3.8) is 0 Å². The van der Waals surface area contributed by atoms with Crippen LogP contribution in [0.2, 0.25) is 0 Å². The van der Waals surface area contributed by atoms with Gasteiger partial charge in [0, 0.05) is 21.9 Å². The molecule has 4 N–H and O–H groups in total. The maximum absolute atomic E-state index is 13.2. The van der Waals surface area contributed by atoms with Crippen LogP contribution in [0.1, 0.15) is 15.9 Å². The molecule has 3 nitrogen and oxygen atoms in total. The maximum Gasteiger partial charge on any atom is 0.248 e. The molecule has 19 heavy (non-hydrogen) atoms. The van der Waals surface area contributed by atoms with Crippen molar-refractivity contribution in [2.24, 2.45) is 5.73 Å². The van der Waals surface area contributed by atoms with E-state index in [-0.39, 0.29) is 5.82 Å². The van der Waals surface area contributed by atoms with Gasteiger partial charge in [0.15, 0.2) is 0 Å². The Labute approximate surface area is 114 Å². The van der Waals surface area contributed by atoms with Crippen molar-refractivity contribution in [2.75, 3.05) is 5.73 Å². The first-order valence-corrected chi connectivity index (χ1v) is 6.61. The highest BCUT2D eigenvalue weighted by molar-refractivity contribution is 7.98. The van der Waals surface area contributed by atoms with E-state index in [0.29, 0.717) is 17.0 Å². The fourth-order valence-corrected chi connectivity index (χ4v) is 2.58. The molecule has 0 aliphatic heterocycles. The fraction of sp³-hybridized carbons (Fsp3) is 0.0714. The average Bonchev–Trinajstić information content (AvgIpc) is 2.35. The SMILES string of the molecule is NC(=O)c1cccc(CSc2cc(N)cc(F)c2)c1. The van der Waals surface area contributed by atoms with E-state index >= 15 is 0 Å². The van der Waals surface area contributed by atoms with Crippen LogP contribution in [0.3, 0.4) is 0 Å². The van der Waals surface area contributed by atoms with Crippen LogP contribution in [0.5, 0.6) is 0 Å². The highest BCUT2D eigenvalue weighted by Crippen LogP contribution is 2.25. The number of rotatable bonds is 4. The van der Waals surface area contributed by atoms with Gasteiger partial charge in [-0.3, -0.25) is 4.79 Å². The molecular weight excluding hydrogens is 263 g/mol. The molecule has 0 atom stereocenters. The summed E-state index contributed by atoms with van der Waals surface area (Å²) in [5, 5.41) is 0. The first-order valence-electron chi connectivity index (χ1n) is 5.62. The number of halogens is 1. The van der Waals surface area contributed by atoms with Gasteiger partial charge in [-0.1, -0.05) is 12.1 Å². The summed E-state index contributed by atoms with van der Waals surface area (Å²) in [6.45, 7) is 0. The Hall–Kier alpha value is -2.01. The molecule has 0 unspecified atom stereocenters. The minimum Gasteiger partial charge on any atom is -0.399 e. The van der Waals surface area contributed by atoms with Crippen molar-refractivity contribution in [1.82, 2.24) is 0 Å². The molecule has 0 aliphatic rings. The van der Waals surface area contributed by atoms with Crippen LogP contribution in [0.4, 0.5) is 10.1 Å². The summed E-state index contributed by atoms with van der Waals surface area (Å²) in [6.07, 6.45) is 0. The molecule has 0 saturated carbocycles. The first kappa shape index (κ1) is 13.4. The smallest absolute Gasteiger partial charge is 0.248 e. The van der Waals surface area contributed by atoms with Gasteiger partial charge in [0.1, 0.15) is 5.82 Å². The molecule has 1 amide bonds. The first-order chi connectivity index (χ1) is 9.04. The molecule has 0 heterocycles. The van der Waals surface area contributed by atoms with Crippen LogP contribution >= 0.6 is 11.8 Å². The van der Waals surface area contributed by atoms with Gasteiger partial charge in [0.2, 0.25) is 5.91 Å². The minimum atomic E-state index is -0.457. The van der Waals surface area contributed by atoms with E-state index < -0.39 is 5.91 Å². The Morgan fingerprint density at radius 3 is 2.68 bits per heavy atom. The molecule has 2 aromatic rings. The lowest BCUT2D eigenvalue weighted by atomic mass is 10.1. The quantitative estimate of drug-likeness (QED) is 0.666. The monoisotopic (exact) mass is 276 g/mol. The van der Waals surface area contributed by atoms with Crippen LogP contribution in [0.25, 0.3) is 0 Å². The van der Waals surface area contributed by atoms with Crippen molar-refractivity contribution in [2.45, 2.75) is 10.6 Å². The number of carbonyl (C=O) groups is 1. The summed E-state index contributed by atoms with van der Waals surface area (Å²) in [5.74, 6) is -0.195. The standard InChI is InChI=1S/C14H13FN2OS/c15-11-5-12(16)7-13(6-11)19-8-9-2-1-3-10(4-9)14(17)18/h1-7H,8,16H2,(H2,17,18). The lowest BCUT2D eigenvalue weighted by Crippen LogP contribution is -2.10. The molecule has 0 spiro atoms. The Morgan fingerprint density at radius 1 is 1.21 bits per heavy atom. The van der Waals surface area contributed by atoms with Crippen molar-refractivity contribution in [3.8, 4) is 0 Å². The Kier molecular flexibility index (Phi) is 4.06. The average molecular weight is 276 g/mol. The molecule has 5 heteroatoms. The second-order valence-electron chi connectivity index (χ2n) is 4.07. The Bertz CT molecular complexity index is 596. The summed E-state index contributed by atoms with van der Waals surface area (Å²) in [7, 11) is 0. The molecule has 98 valence electrons. The normalized spacial score (nSPS) is 10.4. The predicted octanol–water partition coefficient (Wildman–Crippen LogP) is 2.80. The third kappa shape index (κ3) is 3.72. The van der Waals surface area contributed by atoms with E-state index in [9.17, 15) is 9.18 Å². The second-order valence-corrected chi connectivity index (χ2v) is 5.12. The van der Waals surface area contributed by atoms with Gasteiger partial charge < -0.3 is 11.5 Å². The molecule has 0 bridgehead atoms. The lowest BCUT2D eigenvalue weighted by molar-refractivity contribution is 0.1000. The van der Waals surface area contributed by atoms with Gasteiger partial charge in [0.25, 0.3) is 0 Å². The second kappa shape index (κ2) is 5.75. The molecule has 0 saturated heterocycles. The molecular formula is C14H13FN2OS. The van der Waals surface area contributed by atoms with E-state index in [4.69, 9.17) is 11.5 Å². The van der Waals surface area contributed by atoms with Gasteiger partial charge in [-0.25, -0.2) is 4.39 Å². The van der Waals surface area contributed by atoms with Crippen LogP contribution < -0.4 is 11.5 Å². The molecule has 0 aliphatic carbocycles. The van der Waals surface area contributed by atoms with Gasteiger partial charge in [-0.15, -0.1) is 11.8 Å². The number of anilines is 1. The third-order valence-corrected chi connectivity index (χ3v) is 3.56. The minimum absolute atomic E-state index is 0.353. The summed E-state index contributed by atoms with van der Waals surface area (Å²) in [4.78, 5) is 11.8. The zero-order valence-corrected chi connectivity index (χ0v) is 10.9. The van der Waals surface area contributed by atoms with Gasteiger partial charge in [-0.2, -0.15) is 0 Å². The molecule has 2 aromatic carbocycles. The van der Waals surface area contributed by atoms with E-state index in [1.54, 1.807) is 24.3 Å². The molecule has 2 rings (SSSR count). The van der Waals surface area contributed by atoms with Crippen LogP contribution in [-0.2, 0) is 5.75 Å². The van der Waals surface area contributed by atoms with Gasteiger partial charge >= 0.3 is 0 Å². The highest BCUT2D eigenvalue weighted by atomic mass is 32.2. The van der Waals surface area contributed by atoms with Crippen molar-refractivity contribution >= 4 is 23.4 Å². The summed E-state index contributed by atoms with van der Waals surface area (Å²) >= 11 is 1.45. The Morgan fingerprint density at radius 2 is 2.00 bits per heavy atom. The zero-order valence-electron chi connectivity index (χ0n) is 10.1. The third-order valence-electron chi connectivity index (χ3n) is 2.51. The van der Waals surface area contributed by atoms with E-state index in [1.807, 2.05) is 6.07 Å². The summed E-state index contributed by atoms with van der Waals surface area (Å²) in [5.41, 5.74) is 12.6. The van der Waals surface area contributed by atoms with E-state index in [0.717, 1.165) is 10.5 Å². The number of carbonyl (C=O) groups excluding carboxylic acids is 1. The van der Waals surface area contributed by atoms with E-state index in [1.165, 1.54) is 23.9 Å². The number of amides is 1. The lowest BCUT2D eigenvalue weighted by Gasteiger charge is -2.05. The van der Waals surface area contributed by atoms with E-state index in [2.05, 4.69) is 0 Å². The maximum atomic E-state index is 13.2. The predicted molar refractivity (Wildman–Crippen MR) is 75.3 cm³/mol. The highest BCUT2D eigenvalue weighted by Gasteiger charge is 2.03. The van der Waals surface area contributed by atoms with Gasteiger partial charge in [0.05, 0.1) is 0 Å². The number of thioether (sulfide) groups is 1.